The first kappa shape index (κ1) is 21.0. The van der Waals surface area contributed by atoms with E-state index in [0.717, 1.165) is 29.8 Å². The summed E-state index contributed by atoms with van der Waals surface area (Å²) in [6.07, 6.45) is 1.16. The Hall–Kier alpha value is -1.35. The van der Waals surface area contributed by atoms with Gasteiger partial charge in [-0.25, -0.2) is 9.98 Å². The third kappa shape index (κ3) is 5.33. The van der Waals surface area contributed by atoms with E-state index >= 15 is 0 Å². The summed E-state index contributed by atoms with van der Waals surface area (Å²) in [5.41, 5.74) is 3.83. The fourth-order valence-corrected chi connectivity index (χ4v) is 3.68. The second-order valence-corrected chi connectivity index (χ2v) is 7.50. The van der Waals surface area contributed by atoms with Crippen molar-refractivity contribution in [3.8, 4) is 0 Å². The molecule has 2 unspecified atom stereocenters. The Kier molecular flexibility index (Phi) is 7.69. The largest absolute Gasteiger partial charge is 0.357 e. The fraction of sp³-hybridized carbons (Fsp3) is 0.474. The Morgan fingerprint density at radius 2 is 2.12 bits per heavy atom. The van der Waals surface area contributed by atoms with Gasteiger partial charge < -0.3 is 15.5 Å². The number of hydrogen-bond donors (Lipinski definition) is 2. The number of aromatic nitrogens is 1. The minimum absolute atomic E-state index is 0. The van der Waals surface area contributed by atoms with Gasteiger partial charge in [-0.05, 0) is 31.4 Å². The van der Waals surface area contributed by atoms with E-state index in [1.807, 2.05) is 19.0 Å². The number of nitrogens with one attached hydrogen (secondary N) is 2. The van der Waals surface area contributed by atoms with E-state index in [1.54, 1.807) is 11.3 Å². The number of aliphatic imine (C=N–C) groups is 1. The number of nitrogens with zero attached hydrogens (tertiary/aromatic N) is 3. The van der Waals surface area contributed by atoms with Crippen molar-refractivity contribution in [3.05, 3.63) is 46.5 Å². The number of guanidine groups is 1. The summed E-state index contributed by atoms with van der Waals surface area (Å²) in [4.78, 5) is 11.3. The molecule has 0 saturated heterocycles. The van der Waals surface area contributed by atoms with Crippen LogP contribution in [-0.4, -0.2) is 37.6 Å². The van der Waals surface area contributed by atoms with Gasteiger partial charge in [0, 0.05) is 38.0 Å². The van der Waals surface area contributed by atoms with E-state index in [4.69, 9.17) is 4.99 Å². The van der Waals surface area contributed by atoms with Crippen molar-refractivity contribution >= 4 is 46.4 Å². The van der Waals surface area contributed by atoms with Gasteiger partial charge in [0.05, 0.1) is 12.2 Å². The average molecular weight is 485 g/mol. The average Bonchev–Trinajstić information content (AvgIpc) is 3.17. The molecule has 5 nitrogen and oxygen atoms in total. The molecule has 7 heteroatoms. The number of anilines is 1. The van der Waals surface area contributed by atoms with Crippen molar-refractivity contribution in [2.45, 2.75) is 38.8 Å². The third-order valence-corrected chi connectivity index (χ3v) is 5.42. The molecule has 1 aliphatic rings. The van der Waals surface area contributed by atoms with E-state index in [1.165, 1.54) is 11.1 Å². The lowest BCUT2D eigenvalue weighted by molar-refractivity contribution is 0.791. The molecule has 2 aromatic rings. The Balaban J connectivity index is 0.00000243. The van der Waals surface area contributed by atoms with Crippen LogP contribution in [0.3, 0.4) is 0 Å². The maximum atomic E-state index is 4.71. The summed E-state index contributed by atoms with van der Waals surface area (Å²) >= 11 is 1.65. The van der Waals surface area contributed by atoms with Crippen LogP contribution in [0.25, 0.3) is 0 Å². The SMILES string of the molecule is CCNC(=NCc1csc(N(C)C)n1)NC1CC1c1ccccc1C.I. The molecular formula is C19H28IN5S. The second kappa shape index (κ2) is 9.55. The lowest BCUT2D eigenvalue weighted by Crippen LogP contribution is -2.39. The van der Waals surface area contributed by atoms with Crippen LogP contribution in [0, 0.1) is 6.92 Å². The quantitative estimate of drug-likeness (QED) is 0.372. The smallest absolute Gasteiger partial charge is 0.191 e. The summed E-state index contributed by atoms with van der Waals surface area (Å²) in [5, 5.41) is 10.0. The number of thiazole rings is 1. The molecule has 0 bridgehead atoms. The van der Waals surface area contributed by atoms with Crippen LogP contribution in [0.15, 0.2) is 34.6 Å². The lowest BCUT2D eigenvalue weighted by Gasteiger charge is -2.11. The molecule has 2 N–H and O–H groups in total. The highest BCUT2D eigenvalue weighted by Crippen LogP contribution is 2.42. The molecule has 1 fully saturated rings. The minimum Gasteiger partial charge on any atom is -0.357 e. The summed E-state index contributed by atoms with van der Waals surface area (Å²) in [6.45, 7) is 5.74. The van der Waals surface area contributed by atoms with E-state index in [9.17, 15) is 0 Å². The molecule has 0 amide bonds. The van der Waals surface area contributed by atoms with Gasteiger partial charge in [0.1, 0.15) is 0 Å². The number of aryl methyl sites for hydroxylation is 1. The van der Waals surface area contributed by atoms with Gasteiger partial charge in [0.15, 0.2) is 11.1 Å². The monoisotopic (exact) mass is 485 g/mol. The fourth-order valence-electron chi connectivity index (χ4n) is 2.93. The molecule has 26 heavy (non-hydrogen) atoms. The molecule has 0 aliphatic heterocycles. The molecule has 3 rings (SSSR count). The van der Waals surface area contributed by atoms with E-state index in [0.29, 0.717) is 18.5 Å². The predicted molar refractivity (Wildman–Crippen MR) is 122 cm³/mol. The second-order valence-electron chi connectivity index (χ2n) is 6.66. The molecule has 1 aromatic heterocycles. The summed E-state index contributed by atoms with van der Waals surface area (Å²) in [6, 6.07) is 9.12. The van der Waals surface area contributed by atoms with E-state index in [2.05, 4.69) is 59.1 Å². The van der Waals surface area contributed by atoms with Gasteiger partial charge in [-0.1, -0.05) is 24.3 Å². The topological polar surface area (TPSA) is 52.6 Å². The normalized spacial score (nSPS) is 18.8. The molecule has 1 aliphatic carbocycles. The number of hydrogen-bond acceptors (Lipinski definition) is 4. The van der Waals surface area contributed by atoms with Gasteiger partial charge in [-0.2, -0.15) is 0 Å². The number of rotatable bonds is 6. The van der Waals surface area contributed by atoms with E-state index in [-0.39, 0.29) is 24.0 Å². The molecule has 1 aromatic carbocycles. The standard InChI is InChI=1S/C19H27N5S.HI/c1-5-20-18(21-11-14-12-25-19(22-14)24(3)4)23-17-10-16(17)15-9-7-6-8-13(15)2;/h6-9,12,16-17H,5,10-11H2,1-4H3,(H2,20,21,23);1H. The molecule has 0 radical (unpaired) electrons. The zero-order valence-corrected chi connectivity index (χ0v) is 19.0. The number of halogens is 1. The maximum Gasteiger partial charge on any atom is 0.191 e. The molecule has 0 spiro atoms. The van der Waals surface area contributed by atoms with Crippen LogP contribution in [0.5, 0.6) is 0 Å². The Labute approximate surface area is 177 Å². The van der Waals surface area contributed by atoms with Crippen molar-refractivity contribution in [2.75, 3.05) is 25.5 Å². The molecular weight excluding hydrogens is 457 g/mol. The molecule has 1 heterocycles. The first-order chi connectivity index (χ1) is 12.1. The van der Waals surface area contributed by atoms with Crippen LogP contribution in [0.1, 0.15) is 36.1 Å². The summed E-state index contributed by atoms with van der Waals surface area (Å²) in [7, 11) is 4.02. The lowest BCUT2D eigenvalue weighted by atomic mass is 10.0. The predicted octanol–water partition coefficient (Wildman–Crippen LogP) is 3.75. The molecule has 2 atom stereocenters. The van der Waals surface area contributed by atoms with Crippen LogP contribution in [-0.2, 0) is 6.54 Å². The van der Waals surface area contributed by atoms with Gasteiger partial charge >= 0.3 is 0 Å². The Bertz CT molecular complexity index is 743. The van der Waals surface area contributed by atoms with Crippen LogP contribution in [0.2, 0.25) is 0 Å². The van der Waals surface area contributed by atoms with Crippen molar-refractivity contribution in [1.82, 2.24) is 15.6 Å². The third-order valence-electron chi connectivity index (χ3n) is 4.37. The first-order valence-corrected chi connectivity index (χ1v) is 9.68. The molecule has 142 valence electrons. The summed E-state index contributed by atoms with van der Waals surface area (Å²) in [5.74, 6) is 1.47. The maximum absolute atomic E-state index is 4.71. The van der Waals surface area contributed by atoms with Crippen molar-refractivity contribution in [2.24, 2.45) is 4.99 Å². The Morgan fingerprint density at radius 3 is 2.77 bits per heavy atom. The van der Waals surface area contributed by atoms with Crippen LogP contribution < -0.4 is 15.5 Å². The summed E-state index contributed by atoms with van der Waals surface area (Å²) < 4.78 is 0. The highest BCUT2D eigenvalue weighted by Gasteiger charge is 2.39. The highest BCUT2D eigenvalue weighted by molar-refractivity contribution is 14.0. The van der Waals surface area contributed by atoms with Gasteiger partial charge in [0.25, 0.3) is 0 Å². The van der Waals surface area contributed by atoms with Gasteiger partial charge in [-0.3, -0.25) is 0 Å². The Morgan fingerprint density at radius 1 is 1.35 bits per heavy atom. The van der Waals surface area contributed by atoms with E-state index < -0.39 is 0 Å². The zero-order valence-electron chi connectivity index (χ0n) is 15.8. The van der Waals surface area contributed by atoms with Crippen LogP contribution >= 0.6 is 35.3 Å². The molecule has 1 saturated carbocycles. The zero-order chi connectivity index (χ0) is 17.8. The van der Waals surface area contributed by atoms with Gasteiger partial charge in [0.2, 0.25) is 0 Å². The van der Waals surface area contributed by atoms with Crippen molar-refractivity contribution < 1.29 is 0 Å². The van der Waals surface area contributed by atoms with Crippen molar-refractivity contribution in [3.63, 3.8) is 0 Å². The number of benzene rings is 1. The van der Waals surface area contributed by atoms with Gasteiger partial charge in [-0.15, -0.1) is 35.3 Å². The van der Waals surface area contributed by atoms with Crippen molar-refractivity contribution in [1.29, 1.82) is 0 Å². The first-order valence-electron chi connectivity index (χ1n) is 8.80. The highest BCUT2D eigenvalue weighted by atomic mass is 127. The minimum atomic E-state index is 0. The van der Waals surface area contributed by atoms with Crippen LogP contribution in [0.4, 0.5) is 5.13 Å².